The average Bonchev–Trinajstić information content (AvgIpc) is 2.61. The van der Waals surface area contributed by atoms with Gasteiger partial charge in [0.2, 0.25) is 10.0 Å². The summed E-state index contributed by atoms with van der Waals surface area (Å²) in [5.41, 5.74) is 4.85. The molecule has 1 saturated heterocycles. The van der Waals surface area contributed by atoms with Crippen LogP contribution in [-0.2, 0) is 19.5 Å². The molecule has 0 saturated carbocycles. The van der Waals surface area contributed by atoms with Gasteiger partial charge in [0.15, 0.2) is 0 Å². The lowest BCUT2D eigenvalue weighted by Gasteiger charge is -2.31. The zero-order valence-electron chi connectivity index (χ0n) is 14.1. The number of halogens is 1. The first-order valence-corrected chi connectivity index (χ1v) is 9.54. The summed E-state index contributed by atoms with van der Waals surface area (Å²) in [6, 6.07) is 3.51. The van der Waals surface area contributed by atoms with E-state index in [-0.39, 0.29) is 24.1 Å². The molecule has 0 aliphatic carbocycles. The van der Waals surface area contributed by atoms with Crippen molar-refractivity contribution in [2.24, 2.45) is 5.73 Å². The van der Waals surface area contributed by atoms with Gasteiger partial charge < -0.3 is 15.2 Å². The largest absolute Gasteiger partial charge is 0.465 e. The summed E-state index contributed by atoms with van der Waals surface area (Å²) in [5.74, 6) is -1.94. The number of nitrogens with zero attached hydrogens (tertiary/aromatic N) is 1. The maximum Gasteiger partial charge on any atom is 0.342 e. The molecule has 0 bridgehead atoms. The van der Waals surface area contributed by atoms with Crippen LogP contribution < -0.4 is 5.73 Å². The number of hydrogen-bond acceptors (Lipinski definition) is 6. The van der Waals surface area contributed by atoms with Gasteiger partial charge in [0.1, 0.15) is 11.4 Å². The van der Waals surface area contributed by atoms with Crippen LogP contribution in [0.5, 0.6) is 0 Å². The van der Waals surface area contributed by atoms with Crippen molar-refractivity contribution < 1.29 is 27.1 Å². The lowest BCUT2D eigenvalue weighted by Crippen LogP contribution is -2.41. The molecule has 140 valence electrons. The predicted octanol–water partition coefficient (Wildman–Crippen LogP) is 1.13. The number of nitrogens with two attached hydrogens (primary N) is 1. The first-order valence-electron chi connectivity index (χ1n) is 8.10. The van der Waals surface area contributed by atoms with Crippen molar-refractivity contribution in [2.75, 3.05) is 33.4 Å². The van der Waals surface area contributed by atoms with Crippen LogP contribution in [0.4, 0.5) is 4.39 Å². The Morgan fingerprint density at radius 2 is 2.04 bits per heavy atom. The summed E-state index contributed by atoms with van der Waals surface area (Å²) in [4.78, 5) is 11.4. The molecule has 9 heteroatoms. The first kappa shape index (κ1) is 19.8. The third-order valence-electron chi connectivity index (χ3n) is 4.09. The third kappa shape index (κ3) is 4.55. The van der Waals surface area contributed by atoms with Crippen molar-refractivity contribution in [3.63, 3.8) is 0 Å². The normalized spacial score (nSPS) is 16.8. The van der Waals surface area contributed by atoms with Crippen molar-refractivity contribution in [3.8, 4) is 0 Å². The molecule has 1 aromatic rings. The van der Waals surface area contributed by atoms with Crippen molar-refractivity contribution in [1.29, 1.82) is 0 Å². The van der Waals surface area contributed by atoms with Gasteiger partial charge in [0, 0.05) is 19.7 Å². The van der Waals surface area contributed by atoms with Crippen LogP contribution in [-0.4, -0.2) is 58.1 Å². The SMILES string of the molecule is COC(=O)c1c(F)cccc1S(=O)(=O)N1CCC(OCCCN)CC1. The number of sulfonamides is 1. The molecule has 2 rings (SSSR count). The smallest absolute Gasteiger partial charge is 0.342 e. The Morgan fingerprint density at radius 1 is 1.36 bits per heavy atom. The second-order valence-electron chi connectivity index (χ2n) is 5.72. The Bertz CT molecular complexity index is 702. The molecule has 7 nitrogen and oxygen atoms in total. The fourth-order valence-electron chi connectivity index (χ4n) is 2.73. The van der Waals surface area contributed by atoms with Gasteiger partial charge in [0.05, 0.1) is 18.1 Å². The molecule has 25 heavy (non-hydrogen) atoms. The van der Waals surface area contributed by atoms with Crippen molar-refractivity contribution >= 4 is 16.0 Å². The summed E-state index contributed by atoms with van der Waals surface area (Å²) >= 11 is 0. The number of methoxy groups -OCH3 is 1. The number of esters is 1. The molecule has 1 fully saturated rings. The van der Waals surface area contributed by atoms with Gasteiger partial charge in [-0.25, -0.2) is 17.6 Å². The van der Waals surface area contributed by atoms with E-state index < -0.39 is 27.4 Å². The van der Waals surface area contributed by atoms with Crippen molar-refractivity contribution in [3.05, 3.63) is 29.6 Å². The molecule has 1 aliphatic rings. The Kier molecular flexibility index (Phi) is 6.88. The zero-order valence-corrected chi connectivity index (χ0v) is 14.9. The quantitative estimate of drug-likeness (QED) is 0.567. The van der Waals surface area contributed by atoms with Crippen LogP contribution in [0, 0.1) is 5.82 Å². The molecule has 0 radical (unpaired) electrons. The summed E-state index contributed by atoms with van der Waals surface area (Å²) < 4.78 is 51.1. The van der Waals surface area contributed by atoms with Gasteiger partial charge in [0.25, 0.3) is 0 Å². The molecule has 1 aliphatic heterocycles. The Balaban J connectivity index is 2.16. The average molecular weight is 374 g/mol. The van der Waals surface area contributed by atoms with Crippen LogP contribution in [0.15, 0.2) is 23.1 Å². The molecule has 0 unspecified atom stereocenters. The van der Waals surface area contributed by atoms with Crippen LogP contribution in [0.25, 0.3) is 0 Å². The number of carbonyl (C=O) groups excluding carboxylic acids is 1. The highest BCUT2D eigenvalue weighted by Gasteiger charge is 2.34. The third-order valence-corrected chi connectivity index (χ3v) is 6.03. The van der Waals surface area contributed by atoms with E-state index in [1.54, 1.807) is 0 Å². The van der Waals surface area contributed by atoms with E-state index >= 15 is 0 Å². The van der Waals surface area contributed by atoms with E-state index in [0.29, 0.717) is 26.0 Å². The van der Waals surface area contributed by atoms with Gasteiger partial charge in [-0.05, 0) is 37.9 Å². The number of rotatable bonds is 7. The van der Waals surface area contributed by atoms with Crippen molar-refractivity contribution in [1.82, 2.24) is 4.31 Å². The molecular weight excluding hydrogens is 351 g/mol. The summed E-state index contributed by atoms with van der Waals surface area (Å²) in [7, 11) is -2.92. The molecule has 1 heterocycles. The van der Waals surface area contributed by atoms with Gasteiger partial charge in [-0.2, -0.15) is 4.31 Å². The van der Waals surface area contributed by atoms with Crippen molar-refractivity contribution in [2.45, 2.75) is 30.3 Å². The highest BCUT2D eigenvalue weighted by atomic mass is 32.2. The minimum atomic E-state index is -4.00. The van der Waals surface area contributed by atoms with Crippen LogP contribution in [0.1, 0.15) is 29.6 Å². The standard InChI is InChI=1S/C16H23FN2O5S/c1-23-16(20)15-13(17)4-2-5-14(15)25(21,22)19-9-6-12(7-10-19)24-11-3-8-18/h2,4-5,12H,3,6-11,18H2,1H3. The van der Waals surface area contributed by atoms with Crippen LogP contribution in [0.3, 0.4) is 0 Å². The number of benzene rings is 1. The fraction of sp³-hybridized carbons (Fsp3) is 0.562. The molecular formula is C16H23FN2O5S. The number of carbonyl (C=O) groups is 1. The maximum absolute atomic E-state index is 14.0. The number of piperidine rings is 1. The van der Waals surface area contributed by atoms with Crippen LogP contribution in [0.2, 0.25) is 0 Å². The highest BCUT2D eigenvalue weighted by Crippen LogP contribution is 2.26. The Labute approximate surface area is 146 Å². The van der Waals surface area contributed by atoms with E-state index in [0.717, 1.165) is 19.6 Å². The number of ether oxygens (including phenoxy) is 2. The molecule has 0 amide bonds. The molecule has 0 spiro atoms. The summed E-state index contributed by atoms with van der Waals surface area (Å²) in [6.07, 6.45) is 1.80. The van der Waals surface area contributed by atoms with E-state index in [1.165, 1.54) is 16.4 Å². The predicted molar refractivity (Wildman–Crippen MR) is 89.1 cm³/mol. The van der Waals surface area contributed by atoms with Gasteiger partial charge in [-0.1, -0.05) is 6.07 Å². The van der Waals surface area contributed by atoms with E-state index in [1.807, 2.05) is 0 Å². The molecule has 0 atom stereocenters. The molecule has 1 aromatic carbocycles. The summed E-state index contributed by atoms with van der Waals surface area (Å²) in [5, 5.41) is 0. The van der Waals surface area contributed by atoms with E-state index in [4.69, 9.17) is 10.5 Å². The highest BCUT2D eigenvalue weighted by molar-refractivity contribution is 7.89. The van der Waals surface area contributed by atoms with E-state index in [9.17, 15) is 17.6 Å². The van der Waals surface area contributed by atoms with Gasteiger partial charge in [-0.15, -0.1) is 0 Å². The number of hydrogen-bond donors (Lipinski definition) is 1. The lowest BCUT2D eigenvalue weighted by atomic mass is 10.1. The minimum Gasteiger partial charge on any atom is -0.465 e. The Morgan fingerprint density at radius 3 is 2.64 bits per heavy atom. The second kappa shape index (κ2) is 8.70. The Hall–Kier alpha value is -1.55. The lowest BCUT2D eigenvalue weighted by molar-refractivity contribution is 0.0208. The molecule has 2 N–H and O–H groups in total. The first-order chi connectivity index (χ1) is 11.9. The van der Waals surface area contributed by atoms with Crippen LogP contribution >= 0.6 is 0 Å². The second-order valence-corrected chi connectivity index (χ2v) is 7.63. The van der Waals surface area contributed by atoms with E-state index in [2.05, 4.69) is 4.74 Å². The van der Waals surface area contributed by atoms with Gasteiger partial charge in [-0.3, -0.25) is 0 Å². The maximum atomic E-state index is 14.0. The summed E-state index contributed by atoms with van der Waals surface area (Å²) in [6.45, 7) is 1.58. The monoisotopic (exact) mass is 374 g/mol. The zero-order chi connectivity index (χ0) is 18.4. The van der Waals surface area contributed by atoms with Gasteiger partial charge >= 0.3 is 5.97 Å². The minimum absolute atomic E-state index is 0.0226. The molecule has 0 aromatic heterocycles. The topological polar surface area (TPSA) is 98.9 Å². The fourth-order valence-corrected chi connectivity index (χ4v) is 4.39.